The SMILES string of the molecule is COc1c(OC)c(OC)c2c3c1CCN1C(=O)C(=O)c(c31)c1ccccc12. The monoisotopic (exact) mass is 363 g/mol. The van der Waals surface area contributed by atoms with Crippen molar-refractivity contribution in [1.82, 2.24) is 0 Å². The molecule has 1 amide bonds. The minimum absolute atomic E-state index is 0.434. The van der Waals surface area contributed by atoms with Crippen LogP contribution in [0.2, 0.25) is 0 Å². The lowest BCUT2D eigenvalue weighted by Gasteiger charge is -2.29. The van der Waals surface area contributed by atoms with Gasteiger partial charge >= 0.3 is 0 Å². The maximum absolute atomic E-state index is 12.8. The number of amides is 1. The van der Waals surface area contributed by atoms with Gasteiger partial charge in [-0.15, -0.1) is 0 Å². The second-order valence-corrected chi connectivity index (χ2v) is 6.63. The summed E-state index contributed by atoms with van der Waals surface area (Å²) >= 11 is 0. The van der Waals surface area contributed by atoms with Gasteiger partial charge in [0.25, 0.3) is 11.7 Å². The van der Waals surface area contributed by atoms with Gasteiger partial charge in [0.15, 0.2) is 11.5 Å². The third-order valence-electron chi connectivity index (χ3n) is 5.54. The van der Waals surface area contributed by atoms with Crippen LogP contribution in [0, 0.1) is 0 Å². The van der Waals surface area contributed by atoms with Gasteiger partial charge in [0, 0.05) is 22.9 Å². The Morgan fingerprint density at radius 3 is 2.19 bits per heavy atom. The lowest BCUT2D eigenvalue weighted by Crippen LogP contribution is -2.33. The van der Waals surface area contributed by atoms with Gasteiger partial charge in [-0.2, -0.15) is 0 Å². The zero-order valence-corrected chi connectivity index (χ0v) is 15.2. The molecule has 2 aliphatic heterocycles. The molecule has 0 radical (unpaired) electrons. The van der Waals surface area contributed by atoms with Gasteiger partial charge in [-0.25, -0.2) is 0 Å². The van der Waals surface area contributed by atoms with Crippen molar-refractivity contribution in [2.45, 2.75) is 6.42 Å². The van der Waals surface area contributed by atoms with Gasteiger partial charge in [-0.05, 0) is 17.2 Å². The lowest BCUT2D eigenvalue weighted by atomic mass is 9.88. The number of ketones is 1. The second kappa shape index (κ2) is 5.36. The molecule has 27 heavy (non-hydrogen) atoms. The molecule has 0 aromatic heterocycles. The third kappa shape index (κ3) is 1.75. The molecular weight excluding hydrogens is 346 g/mol. The molecule has 136 valence electrons. The summed E-state index contributed by atoms with van der Waals surface area (Å²) in [4.78, 5) is 27.0. The molecule has 0 fully saturated rings. The van der Waals surface area contributed by atoms with E-state index in [2.05, 4.69) is 0 Å². The number of methoxy groups -OCH3 is 3. The number of ether oxygens (including phenoxy) is 3. The van der Waals surface area contributed by atoms with Crippen molar-refractivity contribution in [2.24, 2.45) is 0 Å². The maximum atomic E-state index is 12.8. The zero-order chi connectivity index (χ0) is 18.9. The average molecular weight is 363 g/mol. The predicted molar refractivity (Wildman–Crippen MR) is 101 cm³/mol. The first-order valence-electron chi connectivity index (χ1n) is 8.69. The molecule has 0 saturated carbocycles. The first kappa shape index (κ1) is 15.9. The van der Waals surface area contributed by atoms with E-state index in [1.165, 1.54) is 0 Å². The molecule has 6 heteroatoms. The fraction of sp³-hybridized carbons (Fsp3) is 0.238. The quantitative estimate of drug-likeness (QED) is 0.528. The molecule has 2 aliphatic rings. The van der Waals surface area contributed by atoms with Gasteiger partial charge in [-0.1, -0.05) is 24.3 Å². The summed E-state index contributed by atoms with van der Waals surface area (Å²) in [5.41, 5.74) is 2.07. The number of hydrogen-bond donors (Lipinski definition) is 0. The minimum atomic E-state index is -0.470. The lowest BCUT2D eigenvalue weighted by molar-refractivity contribution is -0.114. The molecule has 0 N–H and O–H groups in total. The van der Waals surface area contributed by atoms with Crippen LogP contribution >= 0.6 is 0 Å². The topological polar surface area (TPSA) is 65.1 Å². The molecule has 2 heterocycles. The standard InChI is InChI=1S/C21H17NO5/c1-25-18-12-8-9-22-16-13(12)14(19(26-2)20(18)27-3)10-6-4-5-7-11(10)15(16)17(23)21(22)24/h4-7H,8-9H2,1-3H3. The van der Waals surface area contributed by atoms with E-state index in [0.717, 1.165) is 27.1 Å². The third-order valence-corrected chi connectivity index (χ3v) is 5.54. The number of rotatable bonds is 3. The Labute approximate surface area is 155 Å². The summed E-state index contributed by atoms with van der Waals surface area (Å²) in [6, 6.07) is 7.60. The van der Waals surface area contributed by atoms with E-state index in [0.29, 0.717) is 41.5 Å². The summed E-state index contributed by atoms with van der Waals surface area (Å²) in [5.74, 6) is 0.731. The van der Waals surface area contributed by atoms with E-state index in [1.54, 1.807) is 26.2 Å². The van der Waals surface area contributed by atoms with E-state index in [4.69, 9.17) is 14.2 Å². The highest BCUT2D eigenvalue weighted by Crippen LogP contribution is 2.55. The Morgan fingerprint density at radius 1 is 0.852 bits per heavy atom. The number of anilines is 1. The molecule has 3 aromatic carbocycles. The number of hydrogen-bond acceptors (Lipinski definition) is 5. The number of carbonyl (C=O) groups excluding carboxylic acids is 2. The highest BCUT2D eigenvalue weighted by atomic mass is 16.5. The Balaban J connectivity index is 2.15. The normalized spacial score (nSPS) is 15.0. The average Bonchev–Trinajstić information content (AvgIpc) is 2.97. The van der Waals surface area contributed by atoms with Crippen LogP contribution in [-0.2, 0) is 11.2 Å². The number of nitrogens with zero attached hydrogens (tertiary/aromatic N) is 1. The van der Waals surface area contributed by atoms with Crippen LogP contribution in [0.1, 0.15) is 15.9 Å². The highest BCUT2D eigenvalue weighted by molar-refractivity contribution is 6.56. The van der Waals surface area contributed by atoms with Crippen LogP contribution in [0.5, 0.6) is 17.2 Å². The Bertz CT molecular complexity index is 1180. The molecule has 3 aromatic rings. The molecule has 0 spiro atoms. The van der Waals surface area contributed by atoms with Crippen molar-refractivity contribution in [1.29, 1.82) is 0 Å². The smallest absolute Gasteiger partial charge is 0.299 e. The van der Waals surface area contributed by atoms with Crippen molar-refractivity contribution >= 4 is 38.9 Å². The van der Waals surface area contributed by atoms with Gasteiger partial charge in [0.2, 0.25) is 5.75 Å². The molecule has 6 nitrogen and oxygen atoms in total. The first-order valence-corrected chi connectivity index (χ1v) is 8.69. The van der Waals surface area contributed by atoms with Gasteiger partial charge in [0.1, 0.15) is 0 Å². The largest absolute Gasteiger partial charge is 0.492 e. The maximum Gasteiger partial charge on any atom is 0.299 e. The molecule has 0 atom stereocenters. The van der Waals surface area contributed by atoms with Crippen LogP contribution in [0.3, 0.4) is 0 Å². The second-order valence-electron chi connectivity index (χ2n) is 6.63. The zero-order valence-electron chi connectivity index (χ0n) is 15.2. The van der Waals surface area contributed by atoms with Gasteiger partial charge < -0.3 is 19.1 Å². The van der Waals surface area contributed by atoms with E-state index in [9.17, 15) is 9.59 Å². The summed E-state index contributed by atoms with van der Waals surface area (Å²) < 4.78 is 17.0. The summed E-state index contributed by atoms with van der Waals surface area (Å²) in [6.45, 7) is 0.434. The van der Waals surface area contributed by atoms with Crippen molar-refractivity contribution in [3.63, 3.8) is 0 Å². The number of fused-ring (bicyclic) bond motifs is 3. The first-order chi connectivity index (χ1) is 13.1. The molecule has 5 rings (SSSR count). The fourth-order valence-electron chi connectivity index (χ4n) is 4.52. The van der Waals surface area contributed by atoms with Crippen molar-refractivity contribution in [3.8, 4) is 17.2 Å². The van der Waals surface area contributed by atoms with E-state index >= 15 is 0 Å². The number of Topliss-reactive ketones (excluding diaryl/α,β-unsaturated/α-hetero) is 1. The summed E-state index contributed by atoms with van der Waals surface area (Å²) in [6.07, 6.45) is 0.573. The Morgan fingerprint density at radius 2 is 1.52 bits per heavy atom. The van der Waals surface area contributed by atoms with Crippen LogP contribution in [0.25, 0.3) is 21.5 Å². The molecule has 0 bridgehead atoms. The molecule has 0 saturated heterocycles. The van der Waals surface area contributed by atoms with Crippen molar-refractivity contribution in [3.05, 3.63) is 35.4 Å². The number of carbonyl (C=O) groups is 2. The van der Waals surface area contributed by atoms with E-state index in [1.807, 2.05) is 24.3 Å². The van der Waals surface area contributed by atoms with Crippen LogP contribution in [0.4, 0.5) is 5.69 Å². The Kier molecular flexibility index (Phi) is 3.16. The highest BCUT2D eigenvalue weighted by Gasteiger charge is 2.43. The van der Waals surface area contributed by atoms with Gasteiger partial charge in [0.05, 0.1) is 32.6 Å². The summed E-state index contributed by atoms with van der Waals surface area (Å²) in [7, 11) is 4.75. The molecule has 0 aliphatic carbocycles. The van der Waals surface area contributed by atoms with E-state index in [-0.39, 0.29) is 0 Å². The van der Waals surface area contributed by atoms with Crippen molar-refractivity contribution in [2.75, 3.05) is 32.8 Å². The van der Waals surface area contributed by atoms with Crippen LogP contribution in [-0.4, -0.2) is 39.6 Å². The molecule has 0 unspecified atom stereocenters. The van der Waals surface area contributed by atoms with Crippen molar-refractivity contribution < 1.29 is 23.8 Å². The van der Waals surface area contributed by atoms with Crippen LogP contribution < -0.4 is 19.1 Å². The van der Waals surface area contributed by atoms with Crippen LogP contribution in [0.15, 0.2) is 24.3 Å². The molecular formula is C21H17NO5. The Hall–Kier alpha value is -3.28. The van der Waals surface area contributed by atoms with Gasteiger partial charge in [-0.3, -0.25) is 9.59 Å². The minimum Gasteiger partial charge on any atom is -0.492 e. The predicted octanol–water partition coefficient (Wildman–Crippen LogP) is 3.10. The fourth-order valence-corrected chi connectivity index (χ4v) is 4.52. The summed E-state index contributed by atoms with van der Waals surface area (Å²) in [5, 5.41) is 3.28. The number of benzene rings is 3. The van der Waals surface area contributed by atoms with E-state index < -0.39 is 11.7 Å².